The van der Waals surface area contributed by atoms with Crippen LogP contribution in [0.5, 0.6) is 0 Å². The molecule has 0 radical (unpaired) electrons. The maximum atomic E-state index is 15.1. The molecule has 2 fully saturated rings. The molecule has 0 spiro atoms. The Balaban J connectivity index is 1.39. The fraction of sp³-hybridized carbons (Fsp3) is 0.500. The van der Waals surface area contributed by atoms with E-state index in [0.29, 0.717) is 47.1 Å². The predicted octanol–water partition coefficient (Wildman–Crippen LogP) is 4.21. The lowest BCUT2D eigenvalue weighted by atomic mass is 9.88. The van der Waals surface area contributed by atoms with E-state index in [9.17, 15) is 9.59 Å². The van der Waals surface area contributed by atoms with Gasteiger partial charge < -0.3 is 15.2 Å². The first-order valence-electron chi connectivity index (χ1n) is 12.7. The number of amides is 2. The third-order valence-electron chi connectivity index (χ3n) is 7.24. The summed E-state index contributed by atoms with van der Waals surface area (Å²) < 4.78 is 20.1. The van der Waals surface area contributed by atoms with Gasteiger partial charge in [0.15, 0.2) is 0 Å². The van der Waals surface area contributed by atoms with E-state index in [1.807, 2.05) is 20.8 Å². The second-order valence-electron chi connectivity index (χ2n) is 9.78. The summed E-state index contributed by atoms with van der Waals surface area (Å²) in [6.07, 6.45) is 6.66. The second kappa shape index (κ2) is 9.83. The number of hydrogen-bond acceptors (Lipinski definition) is 6. The monoisotopic (exact) mass is 494 g/mol. The van der Waals surface area contributed by atoms with Crippen LogP contribution in [0.1, 0.15) is 67.0 Å². The molecule has 0 aliphatic heterocycles. The Morgan fingerprint density at radius 1 is 1.14 bits per heavy atom. The van der Waals surface area contributed by atoms with Crippen LogP contribution in [0.2, 0.25) is 0 Å². The van der Waals surface area contributed by atoms with Crippen molar-refractivity contribution in [2.75, 3.05) is 5.32 Å². The number of pyridine rings is 1. The van der Waals surface area contributed by atoms with Gasteiger partial charge in [0, 0.05) is 16.8 Å². The van der Waals surface area contributed by atoms with E-state index in [4.69, 9.17) is 4.52 Å². The van der Waals surface area contributed by atoms with Gasteiger partial charge in [-0.05, 0) is 75.3 Å². The van der Waals surface area contributed by atoms with Crippen LogP contribution in [-0.4, -0.2) is 38.2 Å². The zero-order chi connectivity index (χ0) is 25.4. The lowest BCUT2D eigenvalue weighted by molar-refractivity contribution is -0.119. The lowest BCUT2D eigenvalue weighted by Gasteiger charge is -2.27. The van der Waals surface area contributed by atoms with E-state index < -0.39 is 23.8 Å². The number of hydrogen-bond donors (Lipinski definition) is 3. The van der Waals surface area contributed by atoms with Gasteiger partial charge in [-0.1, -0.05) is 19.0 Å². The normalized spacial score (nSPS) is 16.2. The average molecular weight is 495 g/mol. The first kappa shape index (κ1) is 24.1. The molecule has 3 N–H and O–H groups in total. The molecule has 0 saturated heterocycles. The van der Waals surface area contributed by atoms with Crippen LogP contribution in [0.25, 0.3) is 11.1 Å². The number of H-pyrrole nitrogens is 1. The number of halogens is 1. The summed E-state index contributed by atoms with van der Waals surface area (Å²) in [6, 6.07) is 2.43. The van der Waals surface area contributed by atoms with Crippen molar-refractivity contribution in [1.82, 2.24) is 25.7 Å². The zero-order valence-corrected chi connectivity index (χ0v) is 20.7. The number of nitrogens with one attached hydrogen (secondary N) is 3. The number of carbonyl (C=O) groups excluding carboxylic acids is 2. The van der Waals surface area contributed by atoms with Crippen molar-refractivity contribution in [2.45, 2.75) is 65.3 Å². The standard InChI is InChI=1S/C26H31FN6O3/c1-4-18-17(12-36-33-18)25(34)30-23(22(14-6-7-14)15-8-9-15)26(35)29-20-11-10-16(24(27)28-20)21-13(3)31-32-19(21)5-2/h10-12,14-15,22-23H,4-9H2,1-3H3,(H,30,34)(H,31,32)(H,28,29,35). The van der Waals surface area contributed by atoms with Gasteiger partial charge in [0.1, 0.15) is 23.7 Å². The second-order valence-corrected chi connectivity index (χ2v) is 9.78. The molecular formula is C26H31FN6O3. The van der Waals surface area contributed by atoms with Gasteiger partial charge in [-0.3, -0.25) is 14.7 Å². The summed E-state index contributed by atoms with van der Waals surface area (Å²) in [5.74, 6) is -0.555. The Morgan fingerprint density at radius 2 is 1.83 bits per heavy atom. The van der Waals surface area contributed by atoms with E-state index >= 15 is 4.39 Å². The quantitative estimate of drug-likeness (QED) is 0.363. The molecule has 10 heteroatoms. The Kier molecular flexibility index (Phi) is 6.59. The molecule has 5 rings (SSSR count). The van der Waals surface area contributed by atoms with Crippen molar-refractivity contribution in [3.63, 3.8) is 0 Å². The molecule has 2 saturated carbocycles. The number of aromatic amines is 1. The van der Waals surface area contributed by atoms with Gasteiger partial charge in [-0.25, -0.2) is 4.98 Å². The molecule has 1 atom stereocenters. The first-order chi connectivity index (χ1) is 17.4. The molecule has 2 amide bonds. The van der Waals surface area contributed by atoms with Crippen LogP contribution < -0.4 is 10.6 Å². The molecule has 9 nitrogen and oxygen atoms in total. The van der Waals surface area contributed by atoms with Crippen molar-refractivity contribution in [3.05, 3.63) is 47.0 Å². The molecule has 2 aliphatic carbocycles. The Bertz CT molecular complexity index is 1260. The fourth-order valence-electron chi connectivity index (χ4n) is 5.13. The van der Waals surface area contributed by atoms with Crippen molar-refractivity contribution >= 4 is 17.6 Å². The van der Waals surface area contributed by atoms with Gasteiger partial charge >= 0.3 is 0 Å². The van der Waals surface area contributed by atoms with Crippen molar-refractivity contribution in [1.29, 1.82) is 0 Å². The molecule has 3 heterocycles. The summed E-state index contributed by atoms with van der Waals surface area (Å²) in [5, 5.41) is 16.7. The molecule has 0 bridgehead atoms. The average Bonchev–Trinajstić information content (AvgIpc) is 3.79. The lowest BCUT2D eigenvalue weighted by Crippen LogP contribution is -2.50. The summed E-state index contributed by atoms with van der Waals surface area (Å²) in [5.41, 5.74) is 3.40. The summed E-state index contributed by atoms with van der Waals surface area (Å²) >= 11 is 0. The number of anilines is 1. The van der Waals surface area contributed by atoms with Crippen molar-refractivity contribution in [2.24, 2.45) is 17.8 Å². The Hall–Kier alpha value is -3.56. The molecule has 0 aromatic carbocycles. The molecule has 36 heavy (non-hydrogen) atoms. The minimum atomic E-state index is -0.760. The van der Waals surface area contributed by atoms with Crippen LogP contribution in [0.15, 0.2) is 22.9 Å². The molecule has 3 aromatic heterocycles. The SMILES string of the molecule is CCc1nocc1C(=O)NC(C(=O)Nc1ccc(-c2c(CC)n[nH]c2C)c(F)n1)C(C1CC1)C1CC1. The molecule has 1 unspecified atom stereocenters. The van der Waals surface area contributed by atoms with Crippen LogP contribution in [0.3, 0.4) is 0 Å². The number of aromatic nitrogens is 4. The number of rotatable bonds is 10. The summed E-state index contributed by atoms with van der Waals surface area (Å²) in [4.78, 5) is 30.6. The van der Waals surface area contributed by atoms with E-state index in [0.717, 1.165) is 37.1 Å². The van der Waals surface area contributed by atoms with E-state index in [1.54, 1.807) is 12.1 Å². The maximum Gasteiger partial charge on any atom is 0.257 e. The number of carbonyl (C=O) groups is 2. The number of aryl methyl sites for hydroxylation is 3. The van der Waals surface area contributed by atoms with Gasteiger partial charge in [0.05, 0.1) is 11.4 Å². The first-order valence-corrected chi connectivity index (χ1v) is 12.7. The van der Waals surface area contributed by atoms with Crippen molar-refractivity contribution in [3.8, 4) is 11.1 Å². The smallest absolute Gasteiger partial charge is 0.257 e. The minimum absolute atomic E-state index is 0.0312. The molecule has 2 aliphatic rings. The van der Waals surface area contributed by atoms with Gasteiger partial charge in [-0.2, -0.15) is 9.49 Å². The Morgan fingerprint density at radius 3 is 2.44 bits per heavy atom. The van der Waals surface area contributed by atoms with E-state index in [-0.39, 0.29) is 11.7 Å². The van der Waals surface area contributed by atoms with E-state index in [2.05, 4.69) is 31.0 Å². The summed E-state index contributed by atoms with van der Waals surface area (Å²) in [6.45, 7) is 5.67. The minimum Gasteiger partial charge on any atom is -0.364 e. The Labute approximate surface area is 208 Å². The topological polar surface area (TPSA) is 126 Å². The van der Waals surface area contributed by atoms with Gasteiger partial charge in [0.25, 0.3) is 5.91 Å². The number of nitrogens with zero attached hydrogens (tertiary/aromatic N) is 3. The highest BCUT2D eigenvalue weighted by molar-refractivity contribution is 6.01. The highest BCUT2D eigenvalue weighted by Crippen LogP contribution is 2.51. The third kappa shape index (κ3) is 4.76. The zero-order valence-electron chi connectivity index (χ0n) is 20.7. The predicted molar refractivity (Wildman–Crippen MR) is 131 cm³/mol. The van der Waals surface area contributed by atoms with Crippen LogP contribution >= 0.6 is 0 Å². The maximum absolute atomic E-state index is 15.1. The highest BCUT2D eigenvalue weighted by atomic mass is 19.1. The molecular weight excluding hydrogens is 463 g/mol. The van der Waals surface area contributed by atoms with Crippen LogP contribution in [0, 0.1) is 30.6 Å². The largest absolute Gasteiger partial charge is 0.364 e. The van der Waals surface area contributed by atoms with E-state index in [1.165, 1.54) is 6.26 Å². The van der Waals surface area contributed by atoms with Gasteiger partial charge in [0.2, 0.25) is 11.9 Å². The van der Waals surface area contributed by atoms with Gasteiger partial charge in [-0.15, -0.1) is 0 Å². The van der Waals surface area contributed by atoms with Crippen LogP contribution in [0.4, 0.5) is 10.2 Å². The summed E-state index contributed by atoms with van der Waals surface area (Å²) in [7, 11) is 0. The molecule has 3 aromatic rings. The van der Waals surface area contributed by atoms with Crippen LogP contribution in [-0.2, 0) is 17.6 Å². The molecule has 190 valence electrons. The third-order valence-corrected chi connectivity index (χ3v) is 7.24. The highest BCUT2D eigenvalue weighted by Gasteiger charge is 2.48. The van der Waals surface area contributed by atoms with Crippen molar-refractivity contribution < 1.29 is 18.5 Å². The fourth-order valence-corrected chi connectivity index (χ4v) is 5.13.